The van der Waals surface area contributed by atoms with Crippen LogP contribution in [0.1, 0.15) is 25.0 Å². The Morgan fingerprint density at radius 3 is 2.92 bits per heavy atom. The average Bonchev–Trinajstić information content (AvgIpc) is 3.17. The molecule has 140 valence electrons. The van der Waals surface area contributed by atoms with E-state index < -0.39 is 0 Å². The van der Waals surface area contributed by atoms with Crippen molar-refractivity contribution in [1.82, 2.24) is 15.6 Å². The maximum Gasteiger partial charge on any atom is 0.226 e. The van der Waals surface area contributed by atoms with Crippen LogP contribution in [0.4, 0.5) is 0 Å². The van der Waals surface area contributed by atoms with Crippen LogP contribution in [0.5, 0.6) is 0 Å². The van der Waals surface area contributed by atoms with Crippen LogP contribution in [-0.4, -0.2) is 30.5 Å². The molecule has 3 rings (SSSR count). The Morgan fingerprint density at radius 2 is 2.24 bits per heavy atom. The average molecular weight is 443 g/mol. The number of hydrogen-bond acceptors (Lipinski definition) is 5. The van der Waals surface area contributed by atoms with Gasteiger partial charge in [0.05, 0.1) is 21.3 Å². The third kappa shape index (κ3) is 7.04. The molecule has 0 saturated carbocycles. The lowest BCUT2D eigenvalue weighted by Crippen LogP contribution is -2.33. The highest BCUT2D eigenvalue weighted by molar-refractivity contribution is 7.23. The molecule has 0 radical (unpaired) electrons. The van der Waals surface area contributed by atoms with Crippen molar-refractivity contribution >= 4 is 65.0 Å². The Hall–Kier alpha value is -0.370. The molecule has 4 nitrogen and oxygen atoms in total. The second-order valence-corrected chi connectivity index (χ2v) is 8.35. The lowest BCUT2D eigenvalue weighted by atomic mass is 9.96. The van der Waals surface area contributed by atoms with Crippen molar-refractivity contribution in [2.45, 2.75) is 25.7 Å². The molecule has 1 fully saturated rings. The van der Waals surface area contributed by atoms with E-state index in [1.807, 2.05) is 17.5 Å². The van der Waals surface area contributed by atoms with Crippen LogP contribution in [0, 0.1) is 5.92 Å². The first-order valence-corrected chi connectivity index (χ1v) is 9.95. The van der Waals surface area contributed by atoms with E-state index in [9.17, 15) is 4.79 Å². The molecule has 0 aromatic carbocycles. The summed E-state index contributed by atoms with van der Waals surface area (Å²) in [6.07, 6.45) is 3.90. The second kappa shape index (κ2) is 11.4. The third-order valence-electron chi connectivity index (χ3n) is 3.95. The highest BCUT2D eigenvalue weighted by Gasteiger charge is 2.14. The summed E-state index contributed by atoms with van der Waals surface area (Å²) in [6, 6.07) is 3.84. The molecular formula is C16H22Cl3N3OS2. The van der Waals surface area contributed by atoms with Crippen molar-refractivity contribution in [3.8, 4) is 9.88 Å². The fraction of sp³-hybridized carbons (Fsp3) is 0.500. The molecule has 2 aromatic heterocycles. The zero-order valence-electron chi connectivity index (χ0n) is 13.6. The third-order valence-corrected chi connectivity index (χ3v) is 6.24. The van der Waals surface area contributed by atoms with Gasteiger partial charge < -0.3 is 10.6 Å². The number of piperidine rings is 1. The van der Waals surface area contributed by atoms with Gasteiger partial charge in [-0.1, -0.05) is 11.6 Å². The van der Waals surface area contributed by atoms with Crippen molar-refractivity contribution in [1.29, 1.82) is 0 Å². The number of carbonyl (C=O) groups is 1. The predicted octanol–water partition coefficient (Wildman–Crippen LogP) is 4.42. The number of hydrogen-bond donors (Lipinski definition) is 2. The predicted molar refractivity (Wildman–Crippen MR) is 112 cm³/mol. The summed E-state index contributed by atoms with van der Waals surface area (Å²) in [5, 5.41) is 9.29. The van der Waals surface area contributed by atoms with Crippen LogP contribution in [0.3, 0.4) is 0 Å². The molecule has 1 amide bonds. The molecule has 1 aliphatic rings. The summed E-state index contributed by atoms with van der Waals surface area (Å²) in [6.45, 7) is 2.96. The molecule has 3 heterocycles. The monoisotopic (exact) mass is 441 g/mol. The number of thiophene rings is 1. The van der Waals surface area contributed by atoms with Crippen LogP contribution in [0.2, 0.25) is 4.34 Å². The van der Waals surface area contributed by atoms with Crippen molar-refractivity contribution < 1.29 is 4.79 Å². The van der Waals surface area contributed by atoms with E-state index in [1.165, 1.54) is 24.2 Å². The summed E-state index contributed by atoms with van der Waals surface area (Å²) in [5.74, 6) is 0.744. The molecular weight excluding hydrogens is 421 g/mol. The van der Waals surface area contributed by atoms with Crippen molar-refractivity contribution in [3.63, 3.8) is 0 Å². The van der Waals surface area contributed by atoms with Gasteiger partial charge in [-0.05, 0) is 50.4 Å². The molecule has 1 unspecified atom stereocenters. The van der Waals surface area contributed by atoms with Gasteiger partial charge in [0.2, 0.25) is 5.91 Å². The molecule has 25 heavy (non-hydrogen) atoms. The molecule has 1 atom stereocenters. The SMILES string of the molecule is Cl.Cl.O=C(Cc1csc(-c2ccc(Cl)s2)n1)NCCC1CCCNC1. The highest BCUT2D eigenvalue weighted by Crippen LogP contribution is 2.32. The van der Waals surface area contributed by atoms with Crippen LogP contribution in [0.15, 0.2) is 17.5 Å². The van der Waals surface area contributed by atoms with E-state index in [0.717, 1.165) is 46.0 Å². The first-order chi connectivity index (χ1) is 11.2. The topological polar surface area (TPSA) is 54.0 Å². The van der Waals surface area contributed by atoms with E-state index >= 15 is 0 Å². The molecule has 0 aliphatic carbocycles. The summed E-state index contributed by atoms with van der Waals surface area (Å²) in [7, 11) is 0. The second-order valence-electron chi connectivity index (χ2n) is 5.78. The summed E-state index contributed by atoms with van der Waals surface area (Å²) in [5.41, 5.74) is 0.825. The van der Waals surface area contributed by atoms with Gasteiger partial charge in [-0.2, -0.15) is 0 Å². The number of halogens is 3. The maximum absolute atomic E-state index is 12.0. The van der Waals surface area contributed by atoms with E-state index in [0.29, 0.717) is 12.3 Å². The lowest BCUT2D eigenvalue weighted by Gasteiger charge is -2.22. The fourth-order valence-corrected chi connectivity index (χ4v) is 4.68. The lowest BCUT2D eigenvalue weighted by molar-refractivity contribution is -0.120. The fourth-order valence-electron chi connectivity index (χ4n) is 2.74. The van der Waals surface area contributed by atoms with Gasteiger partial charge in [0, 0.05) is 11.9 Å². The summed E-state index contributed by atoms with van der Waals surface area (Å²) >= 11 is 9.02. The Bertz CT molecular complexity index is 657. The molecule has 0 spiro atoms. The highest BCUT2D eigenvalue weighted by atomic mass is 35.5. The summed E-state index contributed by atoms with van der Waals surface area (Å²) < 4.78 is 0.756. The first kappa shape index (κ1) is 22.7. The van der Waals surface area contributed by atoms with E-state index in [4.69, 9.17) is 11.6 Å². The number of aromatic nitrogens is 1. The normalized spacial score (nSPS) is 16.6. The van der Waals surface area contributed by atoms with Gasteiger partial charge in [-0.15, -0.1) is 47.5 Å². The maximum atomic E-state index is 12.0. The minimum Gasteiger partial charge on any atom is -0.356 e. The van der Waals surface area contributed by atoms with Gasteiger partial charge in [0.1, 0.15) is 5.01 Å². The molecule has 2 N–H and O–H groups in total. The molecule has 0 bridgehead atoms. The smallest absolute Gasteiger partial charge is 0.226 e. The van der Waals surface area contributed by atoms with E-state index in [1.54, 1.807) is 11.3 Å². The minimum absolute atomic E-state index is 0. The molecule has 1 saturated heterocycles. The number of thiazole rings is 1. The zero-order valence-corrected chi connectivity index (χ0v) is 17.6. The van der Waals surface area contributed by atoms with Crippen LogP contribution >= 0.6 is 59.1 Å². The number of nitrogens with zero attached hydrogens (tertiary/aromatic N) is 1. The molecule has 9 heteroatoms. The number of rotatable bonds is 6. The van der Waals surface area contributed by atoms with Gasteiger partial charge in [-0.3, -0.25) is 4.79 Å². The Labute approximate surface area is 173 Å². The largest absolute Gasteiger partial charge is 0.356 e. The minimum atomic E-state index is 0. The molecule has 2 aromatic rings. The number of amides is 1. The van der Waals surface area contributed by atoms with Crippen LogP contribution < -0.4 is 10.6 Å². The Morgan fingerprint density at radius 1 is 1.40 bits per heavy atom. The van der Waals surface area contributed by atoms with E-state index in [2.05, 4.69) is 15.6 Å². The van der Waals surface area contributed by atoms with Crippen molar-refractivity contribution in [2.24, 2.45) is 5.92 Å². The molecule has 1 aliphatic heterocycles. The van der Waals surface area contributed by atoms with Gasteiger partial charge >= 0.3 is 0 Å². The van der Waals surface area contributed by atoms with Gasteiger partial charge in [0.15, 0.2) is 0 Å². The van der Waals surface area contributed by atoms with Crippen LogP contribution in [-0.2, 0) is 11.2 Å². The van der Waals surface area contributed by atoms with Crippen molar-refractivity contribution in [2.75, 3.05) is 19.6 Å². The van der Waals surface area contributed by atoms with Crippen LogP contribution in [0.25, 0.3) is 9.88 Å². The van der Waals surface area contributed by atoms with E-state index in [-0.39, 0.29) is 30.7 Å². The Kier molecular flexibility index (Phi) is 10.3. The Balaban J connectivity index is 0.00000156. The quantitative estimate of drug-likeness (QED) is 0.696. The zero-order chi connectivity index (χ0) is 16.1. The van der Waals surface area contributed by atoms with Crippen molar-refractivity contribution in [3.05, 3.63) is 27.5 Å². The number of nitrogens with one attached hydrogen (secondary N) is 2. The van der Waals surface area contributed by atoms with Gasteiger partial charge in [0.25, 0.3) is 0 Å². The summed E-state index contributed by atoms with van der Waals surface area (Å²) in [4.78, 5) is 17.6. The number of carbonyl (C=O) groups excluding carboxylic acids is 1. The first-order valence-electron chi connectivity index (χ1n) is 7.88. The van der Waals surface area contributed by atoms with Gasteiger partial charge in [-0.25, -0.2) is 4.98 Å². The standard InChI is InChI=1S/C16H20ClN3OS2.2ClH/c17-14-4-3-13(23-14)16-20-12(10-22-16)8-15(21)19-7-5-11-2-1-6-18-9-11;;/h3-4,10-11,18H,1-2,5-9H2,(H,19,21);2*1H.